The van der Waals surface area contributed by atoms with Crippen LogP contribution < -0.4 is 16.0 Å². The first-order valence-corrected chi connectivity index (χ1v) is 10.0. The fourth-order valence-electron chi connectivity index (χ4n) is 2.71. The Morgan fingerprint density at radius 3 is 2.68 bits per heavy atom. The Bertz CT molecular complexity index is 1060. The van der Waals surface area contributed by atoms with Gasteiger partial charge in [0.15, 0.2) is 16.3 Å². The van der Waals surface area contributed by atoms with E-state index in [0.717, 1.165) is 6.42 Å². The standard InChI is InChI=1S/C19H24N4O4S/c1-4-12(2)28-19-20-16-15(17(25)21-18(26)22(16)3)23(19)10-13(24)11-27-14-8-6-5-7-9-14/h5-9,12-13,24H,4,10-11H2,1-3H3,(H,21,25,26)/t12-,13+/m0/s1. The summed E-state index contributed by atoms with van der Waals surface area (Å²) in [4.78, 5) is 31.2. The second kappa shape index (κ2) is 8.66. The lowest BCUT2D eigenvalue weighted by Crippen LogP contribution is -2.30. The lowest BCUT2D eigenvalue weighted by molar-refractivity contribution is 0.0913. The lowest BCUT2D eigenvalue weighted by atomic mass is 10.3. The van der Waals surface area contributed by atoms with E-state index in [9.17, 15) is 14.7 Å². The lowest BCUT2D eigenvalue weighted by Gasteiger charge is -2.16. The van der Waals surface area contributed by atoms with Crippen LogP contribution in [0.15, 0.2) is 45.1 Å². The summed E-state index contributed by atoms with van der Waals surface area (Å²) in [5.74, 6) is 0.659. The third-order valence-corrected chi connectivity index (χ3v) is 5.69. The Morgan fingerprint density at radius 1 is 1.29 bits per heavy atom. The molecule has 0 spiro atoms. The SMILES string of the molecule is CC[C@H](C)Sc1nc2c(c(=O)[nH]c(=O)n2C)n1C[C@@H](O)COc1ccccc1. The summed E-state index contributed by atoms with van der Waals surface area (Å²) in [7, 11) is 1.56. The number of aliphatic hydroxyl groups excluding tert-OH is 1. The van der Waals surface area contributed by atoms with Crippen molar-refractivity contribution in [3.8, 4) is 5.75 Å². The number of imidazole rings is 1. The third-order valence-electron chi connectivity index (χ3n) is 4.43. The highest BCUT2D eigenvalue weighted by atomic mass is 32.2. The van der Waals surface area contributed by atoms with Crippen molar-refractivity contribution in [2.24, 2.45) is 7.05 Å². The molecule has 0 bridgehead atoms. The summed E-state index contributed by atoms with van der Waals surface area (Å²) < 4.78 is 8.59. The highest BCUT2D eigenvalue weighted by molar-refractivity contribution is 7.99. The van der Waals surface area contributed by atoms with Crippen molar-refractivity contribution in [1.29, 1.82) is 0 Å². The van der Waals surface area contributed by atoms with Gasteiger partial charge in [0.2, 0.25) is 0 Å². The zero-order valence-electron chi connectivity index (χ0n) is 16.1. The number of hydrogen-bond donors (Lipinski definition) is 2. The second-order valence-electron chi connectivity index (χ2n) is 6.61. The van der Waals surface area contributed by atoms with Crippen molar-refractivity contribution in [2.45, 2.75) is 43.3 Å². The minimum atomic E-state index is -0.856. The van der Waals surface area contributed by atoms with Crippen molar-refractivity contribution in [1.82, 2.24) is 19.1 Å². The molecule has 0 fully saturated rings. The molecule has 0 amide bonds. The molecular formula is C19H24N4O4S. The highest BCUT2D eigenvalue weighted by Gasteiger charge is 2.21. The summed E-state index contributed by atoms with van der Waals surface area (Å²) in [6.07, 6.45) is 0.0635. The number of aryl methyl sites for hydroxylation is 1. The summed E-state index contributed by atoms with van der Waals surface area (Å²) in [5.41, 5.74) is -0.463. The third kappa shape index (κ3) is 4.31. The van der Waals surface area contributed by atoms with Crippen molar-refractivity contribution in [3.63, 3.8) is 0 Å². The van der Waals surface area contributed by atoms with E-state index in [4.69, 9.17) is 4.74 Å². The van der Waals surface area contributed by atoms with Crippen LogP contribution in [0.1, 0.15) is 20.3 Å². The number of aromatic amines is 1. The number of rotatable bonds is 8. The maximum Gasteiger partial charge on any atom is 0.329 e. The highest BCUT2D eigenvalue weighted by Crippen LogP contribution is 2.27. The average Bonchev–Trinajstić information content (AvgIpc) is 3.03. The zero-order valence-corrected chi connectivity index (χ0v) is 16.9. The summed E-state index contributed by atoms with van der Waals surface area (Å²) in [5, 5.41) is 11.4. The van der Waals surface area contributed by atoms with Gasteiger partial charge in [0.25, 0.3) is 5.56 Å². The van der Waals surface area contributed by atoms with Gasteiger partial charge in [-0.25, -0.2) is 9.78 Å². The molecule has 2 aromatic heterocycles. The maximum atomic E-state index is 12.5. The normalized spacial score (nSPS) is 13.6. The van der Waals surface area contributed by atoms with Crippen molar-refractivity contribution >= 4 is 22.9 Å². The number of benzene rings is 1. The number of nitrogens with zero attached hydrogens (tertiary/aromatic N) is 3. The quantitative estimate of drug-likeness (QED) is 0.555. The minimum absolute atomic E-state index is 0.0702. The van der Waals surface area contributed by atoms with E-state index in [1.54, 1.807) is 11.6 Å². The van der Waals surface area contributed by atoms with Crippen molar-refractivity contribution < 1.29 is 9.84 Å². The molecule has 1 aromatic carbocycles. The summed E-state index contributed by atoms with van der Waals surface area (Å²) in [6.45, 7) is 4.33. The molecule has 0 aliphatic carbocycles. The van der Waals surface area contributed by atoms with Gasteiger partial charge in [0, 0.05) is 12.3 Å². The van der Waals surface area contributed by atoms with Crippen LogP contribution in [0.25, 0.3) is 11.2 Å². The molecule has 9 heteroatoms. The van der Waals surface area contributed by atoms with Gasteiger partial charge in [0.05, 0.1) is 6.54 Å². The van der Waals surface area contributed by atoms with Crippen LogP contribution in [0.5, 0.6) is 5.75 Å². The van der Waals surface area contributed by atoms with E-state index in [1.165, 1.54) is 16.3 Å². The molecule has 2 atom stereocenters. The number of aliphatic hydroxyl groups is 1. The minimum Gasteiger partial charge on any atom is -0.491 e. The van der Waals surface area contributed by atoms with E-state index in [0.29, 0.717) is 16.6 Å². The van der Waals surface area contributed by atoms with Gasteiger partial charge in [-0.1, -0.05) is 43.8 Å². The molecule has 0 saturated carbocycles. The van der Waals surface area contributed by atoms with Gasteiger partial charge in [0.1, 0.15) is 18.5 Å². The molecule has 28 heavy (non-hydrogen) atoms. The van der Waals surface area contributed by atoms with Gasteiger partial charge >= 0.3 is 5.69 Å². The Hall–Kier alpha value is -2.52. The van der Waals surface area contributed by atoms with E-state index in [-0.39, 0.29) is 23.9 Å². The van der Waals surface area contributed by atoms with E-state index < -0.39 is 17.4 Å². The molecule has 0 saturated heterocycles. The molecule has 0 aliphatic heterocycles. The van der Waals surface area contributed by atoms with Gasteiger partial charge < -0.3 is 14.4 Å². The van der Waals surface area contributed by atoms with Crippen LogP contribution in [0.3, 0.4) is 0 Å². The molecular weight excluding hydrogens is 380 g/mol. The largest absolute Gasteiger partial charge is 0.491 e. The van der Waals surface area contributed by atoms with Crippen LogP contribution >= 0.6 is 11.8 Å². The number of H-pyrrole nitrogens is 1. The molecule has 0 unspecified atom stereocenters. The molecule has 8 nitrogen and oxygen atoms in total. The van der Waals surface area contributed by atoms with E-state index >= 15 is 0 Å². The Balaban J connectivity index is 1.93. The first-order chi connectivity index (χ1) is 13.4. The first-order valence-electron chi connectivity index (χ1n) is 9.12. The summed E-state index contributed by atoms with van der Waals surface area (Å²) >= 11 is 1.51. The predicted octanol–water partition coefficient (Wildman–Crippen LogP) is 1.75. The zero-order chi connectivity index (χ0) is 20.3. The van der Waals surface area contributed by atoms with Gasteiger partial charge in [-0.2, -0.15) is 0 Å². The number of fused-ring (bicyclic) bond motifs is 1. The number of para-hydroxylation sites is 1. The smallest absolute Gasteiger partial charge is 0.329 e. The monoisotopic (exact) mass is 404 g/mol. The molecule has 0 aliphatic rings. The molecule has 3 aromatic rings. The fraction of sp³-hybridized carbons (Fsp3) is 0.421. The van der Waals surface area contributed by atoms with Crippen LogP contribution in [0.4, 0.5) is 0 Å². The number of ether oxygens (including phenoxy) is 1. The second-order valence-corrected chi connectivity index (χ2v) is 8.02. The van der Waals surface area contributed by atoms with Crippen LogP contribution in [0, 0.1) is 0 Å². The van der Waals surface area contributed by atoms with Gasteiger partial charge in [-0.3, -0.25) is 14.3 Å². The maximum absolute atomic E-state index is 12.5. The molecule has 3 rings (SSSR count). The Kier molecular flexibility index (Phi) is 6.25. The first kappa shape index (κ1) is 20.2. The van der Waals surface area contributed by atoms with Crippen LogP contribution in [0.2, 0.25) is 0 Å². The summed E-state index contributed by atoms with van der Waals surface area (Å²) in [6, 6.07) is 9.21. The topological polar surface area (TPSA) is 102 Å². The fourth-order valence-corrected chi connectivity index (χ4v) is 3.67. The van der Waals surface area contributed by atoms with Crippen molar-refractivity contribution in [3.05, 3.63) is 51.2 Å². The Labute approximate surface area is 166 Å². The van der Waals surface area contributed by atoms with Crippen molar-refractivity contribution in [2.75, 3.05) is 6.61 Å². The average molecular weight is 404 g/mol. The molecule has 2 heterocycles. The van der Waals surface area contributed by atoms with Gasteiger partial charge in [-0.15, -0.1) is 0 Å². The van der Waals surface area contributed by atoms with E-state index in [2.05, 4.69) is 23.8 Å². The number of thioether (sulfide) groups is 1. The molecule has 2 N–H and O–H groups in total. The number of aromatic nitrogens is 4. The van der Waals surface area contributed by atoms with Gasteiger partial charge in [-0.05, 0) is 18.6 Å². The molecule has 0 radical (unpaired) electrons. The predicted molar refractivity (Wildman–Crippen MR) is 109 cm³/mol. The van der Waals surface area contributed by atoms with E-state index in [1.807, 2.05) is 30.3 Å². The van der Waals surface area contributed by atoms with Crippen LogP contribution in [-0.2, 0) is 13.6 Å². The van der Waals surface area contributed by atoms with Crippen LogP contribution in [-0.4, -0.2) is 42.2 Å². The molecule has 150 valence electrons. The Morgan fingerprint density at radius 2 is 2.00 bits per heavy atom. The number of hydrogen-bond acceptors (Lipinski definition) is 6. The number of nitrogens with one attached hydrogen (secondary N) is 1.